The molecular formula is C17H22N4O2S. The van der Waals surface area contributed by atoms with Crippen LogP contribution in [0.15, 0.2) is 35.3 Å². The molecule has 0 aliphatic rings. The Kier molecular flexibility index (Phi) is 6.62. The van der Waals surface area contributed by atoms with Gasteiger partial charge in [-0.1, -0.05) is 6.08 Å². The number of nitrogens with two attached hydrogens (primary N) is 1. The Morgan fingerprint density at radius 2 is 2.12 bits per heavy atom. The lowest BCUT2D eigenvalue weighted by molar-refractivity contribution is 0.285. The van der Waals surface area contributed by atoms with Crippen LogP contribution in [0, 0.1) is 0 Å². The van der Waals surface area contributed by atoms with Crippen LogP contribution in [0.3, 0.4) is 0 Å². The quantitative estimate of drug-likeness (QED) is 0.411. The van der Waals surface area contributed by atoms with Gasteiger partial charge in [-0.15, -0.1) is 17.9 Å². The first kappa shape index (κ1) is 17.8. The maximum Gasteiger partial charge on any atom is 0.205 e. The highest BCUT2D eigenvalue weighted by atomic mass is 32.1. The summed E-state index contributed by atoms with van der Waals surface area (Å²) in [6, 6.07) is 3.92. The van der Waals surface area contributed by atoms with Crippen LogP contribution in [-0.4, -0.2) is 24.4 Å². The number of hydrazone groups is 1. The number of nitrogens with zero attached hydrogens (tertiary/aromatic N) is 2. The highest BCUT2D eigenvalue weighted by molar-refractivity contribution is 7.14. The first-order chi connectivity index (χ1) is 11.7. The summed E-state index contributed by atoms with van der Waals surface area (Å²) >= 11 is 1.40. The predicted molar refractivity (Wildman–Crippen MR) is 100 cm³/mol. The molecule has 7 heteroatoms. The summed E-state index contributed by atoms with van der Waals surface area (Å²) < 4.78 is 11.5. The van der Waals surface area contributed by atoms with E-state index in [0.717, 1.165) is 16.9 Å². The van der Waals surface area contributed by atoms with Crippen molar-refractivity contribution in [3.63, 3.8) is 0 Å². The third-order valence-corrected chi connectivity index (χ3v) is 3.77. The Bertz CT molecular complexity index is 713. The van der Waals surface area contributed by atoms with Gasteiger partial charge in [0, 0.05) is 10.9 Å². The molecule has 0 aliphatic carbocycles. The van der Waals surface area contributed by atoms with E-state index in [4.69, 9.17) is 15.2 Å². The number of nitrogen functional groups attached to an aromatic ring is 1. The van der Waals surface area contributed by atoms with Crippen molar-refractivity contribution in [1.29, 1.82) is 0 Å². The summed E-state index contributed by atoms with van der Waals surface area (Å²) in [5.41, 5.74) is 10.4. The normalized spacial score (nSPS) is 10.8. The Labute approximate surface area is 146 Å². The molecule has 24 heavy (non-hydrogen) atoms. The van der Waals surface area contributed by atoms with Gasteiger partial charge in [0.05, 0.1) is 19.4 Å². The van der Waals surface area contributed by atoms with Gasteiger partial charge in [-0.25, -0.2) is 4.98 Å². The maximum absolute atomic E-state index is 5.75. The summed E-state index contributed by atoms with van der Waals surface area (Å²) in [7, 11) is 0. The predicted octanol–water partition coefficient (Wildman–Crippen LogP) is 3.70. The van der Waals surface area contributed by atoms with Crippen molar-refractivity contribution in [3.05, 3.63) is 41.3 Å². The lowest BCUT2D eigenvalue weighted by Crippen LogP contribution is -2.03. The highest BCUT2D eigenvalue weighted by Gasteiger charge is 2.12. The second-order valence-corrected chi connectivity index (χ2v) is 5.67. The Morgan fingerprint density at radius 1 is 1.33 bits per heavy atom. The fraction of sp³-hybridized carbons (Fsp3) is 0.294. The second kappa shape index (κ2) is 8.93. The largest absolute Gasteiger partial charge is 0.490 e. The van der Waals surface area contributed by atoms with Crippen LogP contribution in [0.5, 0.6) is 11.5 Å². The van der Waals surface area contributed by atoms with Crippen LogP contribution >= 0.6 is 11.3 Å². The number of benzene rings is 1. The third-order valence-electron chi connectivity index (χ3n) is 3.00. The van der Waals surface area contributed by atoms with E-state index in [9.17, 15) is 0 Å². The van der Waals surface area contributed by atoms with Crippen molar-refractivity contribution in [2.24, 2.45) is 5.10 Å². The average Bonchev–Trinajstić information content (AvgIpc) is 2.96. The van der Waals surface area contributed by atoms with Crippen LogP contribution in [0.4, 0.5) is 10.9 Å². The Hall–Kier alpha value is -2.54. The maximum atomic E-state index is 5.75. The van der Waals surface area contributed by atoms with Gasteiger partial charge < -0.3 is 15.2 Å². The molecule has 0 atom stereocenters. The minimum absolute atomic E-state index is 0.477. The van der Waals surface area contributed by atoms with Crippen molar-refractivity contribution in [1.82, 2.24) is 4.98 Å². The molecule has 0 bridgehead atoms. The van der Waals surface area contributed by atoms with E-state index in [1.165, 1.54) is 11.3 Å². The minimum atomic E-state index is 0.477. The van der Waals surface area contributed by atoms with Crippen molar-refractivity contribution in [2.45, 2.75) is 20.3 Å². The van der Waals surface area contributed by atoms with Gasteiger partial charge in [0.2, 0.25) is 5.13 Å². The lowest BCUT2D eigenvalue weighted by Gasteiger charge is -2.15. The van der Waals surface area contributed by atoms with Crippen LogP contribution in [0.25, 0.3) is 0 Å². The molecule has 1 aromatic heterocycles. The zero-order valence-corrected chi connectivity index (χ0v) is 14.7. The van der Waals surface area contributed by atoms with E-state index in [1.807, 2.05) is 32.1 Å². The van der Waals surface area contributed by atoms with E-state index < -0.39 is 0 Å². The third kappa shape index (κ3) is 4.73. The molecule has 2 rings (SSSR count). The summed E-state index contributed by atoms with van der Waals surface area (Å²) in [6.45, 7) is 8.83. The summed E-state index contributed by atoms with van der Waals surface area (Å²) in [5.74, 6) is 1.95. The molecule has 0 radical (unpaired) electrons. The molecule has 0 amide bonds. The van der Waals surface area contributed by atoms with Gasteiger partial charge in [-0.2, -0.15) is 5.10 Å². The molecule has 6 nitrogen and oxygen atoms in total. The minimum Gasteiger partial charge on any atom is -0.490 e. The van der Waals surface area contributed by atoms with Gasteiger partial charge in [-0.05, 0) is 38.0 Å². The number of rotatable bonds is 9. The highest BCUT2D eigenvalue weighted by Crippen LogP contribution is 2.33. The number of thiazole rings is 1. The molecule has 0 unspecified atom stereocenters. The molecular weight excluding hydrogens is 324 g/mol. The average molecular weight is 346 g/mol. The number of hydrogen-bond donors (Lipinski definition) is 2. The monoisotopic (exact) mass is 346 g/mol. The molecule has 1 aromatic carbocycles. The number of nitrogens with one attached hydrogen (secondary N) is 1. The van der Waals surface area contributed by atoms with Crippen molar-refractivity contribution in [2.75, 3.05) is 24.4 Å². The first-order valence-electron chi connectivity index (χ1n) is 7.71. The van der Waals surface area contributed by atoms with E-state index in [1.54, 1.807) is 11.6 Å². The standard InChI is InChI=1S/C17H22N4O2S/c1-4-7-13-8-12(9-14(22-5-2)16(13)23-6-3)10-19-21-17-20-15(18)11-24-17/h4,8-11H,1,5-7,18H2,2-3H3,(H,20,21). The Morgan fingerprint density at radius 3 is 2.75 bits per heavy atom. The number of anilines is 2. The lowest BCUT2D eigenvalue weighted by atomic mass is 10.1. The second-order valence-electron chi connectivity index (χ2n) is 4.81. The molecule has 0 aliphatic heterocycles. The van der Waals surface area contributed by atoms with E-state index in [-0.39, 0.29) is 0 Å². The molecule has 128 valence electrons. The van der Waals surface area contributed by atoms with Crippen LogP contribution in [0.2, 0.25) is 0 Å². The fourth-order valence-corrected chi connectivity index (χ4v) is 2.68. The molecule has 0 saturated carbocycles. The SMILES string of the molecule is C=CCc1cc(C=NNc2nc(N)cs2)cc(OCC)c1OCC. The summed E-state index contributed by atoms with van der Waals surface area (Å²) in [5, 5.41) is 6.60. The van der Waals surface area contributed by atoms with Crippen molar-refractivity contribution in [3.8, 4) is 11.5 Å². The molecule has 0 fully saturated rings. The van der Waals surface area contributed by atoms with Gasteiger partial charge in [0.25, 0.3) is 0 Å². The van der Waals surface area contributed by atoms with Gasteiger partial charge in [0.1, 0.15) is 5.82 Å². The van der Waals surface area contributed by atoms with Crippen LogP contribution in [-0.2, 0) is 6.42 Å². The summed E-state index contributed by atoms with van der Waals surface area (Å²) in [4.78, 5) is 4.09. The Balaban J connectivity index is 2.26. The zero-order valence-electron chi connectivity index (χ0n) is 13.9. The zero-order chi connectivity index (χ0) is 17.4. The fourth-order valence-electron chi connectivity index (χ4n) is 2.14. The van der Waals surface area contributed by atoms with Crippen LogP contribution < -0.4 is 20.6 Å². The molecule has 0 saturated heterocycles. The molecule has 3 N–H and O–H groups in total. The number of ether oxygens (including phenoxy) is 2. The van der Waals surface area contributed by atoms with E-state index in [0.29, 0.717) is 36.3 Å². The number of allylic oxidation sites excluding steroid dienone is 1. The topological polar surface area (TPSA) is 81.8 Å². The number of hydrogen-bond acceptors (Lipinski definition) is 7. The first-order valence-corrected chi connectivity index (χ1v) is 8.59. The van der Waals surface area contributed by atoms with Gasteiger partial charge in [0.15, 0.2) is 11.5 Å². The van der Waals surface area contributed by atoms with E-state index in [2.05, 4.69) is 22.1 Å². The van der Waals surface area contributed by atoms with E-state index >= 15 is 0 Å². The smallest absolute Gasteiger partial charge is 0.205 e. The van der Waals surface area contributed by atoms with Crippen molar-refractivity contribution >= 4 is 28.5 Å². The molecule has 0 spiro atoms. The van der Waals surface area contributed by atoms with Crippen molar-refractivity contribution < 1.29 is 9.47 Å². The van der Waals surface area contributed by atoms with Gasteiger partial charge >= 0.3 is 0 Å². The number of aromatic nitrogens is 1. The molecule has 1 heterocycles. The summed E-state index contributed by atoms with van der Waals surface area (Å²) in [6.07, 6.45) is 4.24. The van der Waals surface area contributed by atoms with Gasteiger partial charge in [-0.3, -0.25) is 5.43 Å². The molecule has 2 aromatic rings. The van der Waals surface area contributed by atoms with Crippen LogP contribution in [0.1, 0.15) is 25.0 Å².